The molecule has 0 bridgehead atoms. The second kappa shape index (κ2) is 5.10. The third-order valence-electron chi connectivity index (χ3n) is 3.25. The Morgan fingerprint density at radius 1 is 1.53 bits per heavy atom. The van der Waals surface area contributed by atoms with E-state index in [4.69, 9.17) is 10.8 Å². The molecule has 0 saturated heterocycles. The number of hydrogen-bond donors (Lipinski definition) is 2. The molecule has 1 heterocycles. The summed E-state index contributed by atoms with van der Waals surface area (Å²) in [6, 6.07) is 5.68. The van der Waals surface area contributed by atoms with Gasteiger partial charge in [0, 0.05) is 10.9 Å². The standard InChI is InChI=1S/C13H17NO2S/c1-8(13(15)16)12(14)10-4-5-11-9(7-10)3-2-6-17-11/h4-5,7-8,12H,2-3,6,14H2,1H3,(H,15,16). The van der Waals surface area contributed by atoms with Gasteiger partial charge in [0.05, 0.1) is 5.92 Å². The summed E-state index contributed by atoms with van der Waals surface area (Å²) >= 11 is 1.87. The van der Waals surface area contributed by atoms with Crippen molar-refractivity contribution in [3.8, 4) is 0 Å². The molecule has 0 amide bonds. The van der Waals surface area contributed by atoms with Gasteiger partial charge in [0.25, 0.3) is 0 Å². The van der Waals surface area contributed by atoms with Gasteiger partial charge in [-0.2, -0.15) is 0 Å². The maximum atomic E-state index is 10.9. The van der Waals surface area contributed by atoms with E-state index in [0.29, 0.717) is 0 Å². The summed E-state index contributed by atoms with van der Waals surface area (Å²) in [5.41, 5.74) is 8.23. The van der Waals surface area contributed by atoms with Gasteiger partial charge in [-0.05, 0) is 35.8 Å². The molecule has 1 aliphatic rings. The van der Waals surface area contributed by atoms with Crippen LogP contribution in [0.1, 0.15) is 30.5 Å². The van der Waals surface area contributed by atoms with Gasteiger partial charge in [-0.25, -0.2) is 0 Å². The van der Waals surface area contributed by atoms with Crippen LogP contribution in [0.4, 0.5) is 0 Å². The van der Waals surface area contributed by atoms with Crippen LogP contribution in [0.2, 0.25) is 0 Å². The summed E-state index contributed by atoms with van der Waals surface area (Å²) < 4.78 is 0. The van der Waals surface area contributed by atoms with Crippen molar-refractivity contribution in [1.29, 1.82) is 0 Å². The molecule has 0 aliphatic carbocycles. The van der Waals surface area contributed by atoms with Gasteiger partial charge in [-0.15, -0.1) is 11.8 Å². The number of thioether (sulfide) groups is 1. The number of aryl methyl sites for hydroxylation is 1. The first-order chi connectivity index (χ1) is 8.09. The number of aliphatic carboxylic acids is 1. The Hall–Kier alpha value is -1.00. The van der Waals surface area contributed by atoms with Crippen LogP contribution in [0.3, 0.4) is 0 Å². The smallest absolute Gasteiger partial charge is 0.308 e. The lowest BCUT2D eigenvalue weighted by molar-refractivity contribution is -0.141. The van der Waals surface area contributed by atoms with Crippen molar-refractivity contribution in [2.75, 3.05) is 5.75 Å². The minimum atomic E-state index is -0.843. The highest BCUT2D eigenvalue weighted by molar-refractivity contribution is 7.99. The highest BCUT2D eigenvalue weighted by Crippen LogP contribution is 2.32. The van der Waals surface area contributed by atoms with Gasteiger partial charge in [-0.3, -0.25) is 4.79 Å². The number of nitrogens with two attached hydrogens (primary N) is 1. The molecule has 2 atom stereocenters. The number of rotatable bonds is 3. The molecule has 0 radical (unpaired) electrons. The van der Waals surface area contributed by atoms with Crippen LogP contribution in [-0.2, 0) is 11.2 Å². The Bertz CT molecular complexity index is 433. The quantitative estimate of drug-likeness (QED) is 0.866. The number of carboxylic acids is 1. The monoisotopic (exact) mass is 251 g/mol. The third kappa shape index (κ3) is 2.64. The van der Waals surface area contributed by atoms with E-state index in [2.05, 4.69) is 12.1 Å². The zero-order valence-corrected chi connectivity index (χ0v) is 10.7. The summed E-state index contributed by atoms with van der Waals surface area (Å²) in [5.74, 6) is -0.224. The molecule has 1 aliphatic heterocycles. The van der Waals surface area contributed by atoms with Crippen LogP contribution >= 0.6 is 11.8 Å². The highest BCUT2D eigenvalue weighted by Gasteiger charge is 2.22. The lowest BCUT2D eigenvalue weighted by Gasteiger charge is -2.20. The number of fused-ring (bicyclic) bond motifs is 1. The molecule has 0 spiro atoms. The Morgan fingerprint density at radius 2 is 2.29 bits per heavy atom. The summed E-state index contributed by atoms with van der Waals surface area (Å²) in [6.07, 6.45) is 2.26. The Balaban J connectivity index is 2.24. The molecule has 1 aromatic carbocycles. The van der Waals surface area contributed by atoms with Crippen molar-refractivity contribution in [3.63, 3.8) is 0 Å². The van der Waals surface area contributed by atoms with E-state index >= 15 is 0 Å². The van der Waals surface area contributed by atoms with Crippen LogP contribution in [0.5, 0.6) is 0 Å². The van der Waals surface area contributed by atoms with Crippen molar-refractivity contribution in [3.05, 3.63) is 29.3 Å². The maximum Gasteiger partial charge on any atom is 0.308 e. The first kappa shape index (κ1) is 12.5. The van der Waals surface area contributed by atoms with Gasteiger partial charge < -0.3 is 10.8 Å². The Labute approximate surface area is 105 Å². The van der Waals surface area contributed by atoms with Crippen LogP contribution < -0.4 is 5.73 Å². The molecule has 3 nitrogen and oxygen atoms in total. The van der Waals surface area contributed by atoms with Gasteiger partial charge in [0.2, 0.25) is 0 Å². The Morgan fingerprint density at radius 3 is 3.00 bits per heavy atom. The normalized spacial score (nSPS) is 18.2. The molecule has 0 fully saturated rings. The van der Waals surface area contributed by atoms with Crippen molar-refractivity contribution in [1.82, 2.24) is 0 Å². The zero-order chi connectivity index (χ0) is 12.4. The van der Waals surface area contributed by atoms with Crippen LogP contribution in [-0.4, -0.2) is 16.8 Å². The first-order valence-corrected chi connectivity index (χ1v) is 6.82. The average molecular weight is 251 g/mol. The lowest BCUT2D eigenvalue weighted by Crippen LogP contribution is -2.25. The summed E-state index contributed by atoms with van der Waals surface area (Å²) in [5, 5.41) is 8.97. The van der Waals surface area contributed by atoms with E-state index in [0.717, 1.165) is 12.0 Å². The maximum absolute atomic E-state index is 10.9. The molecule has 2 unspecified atom stereocenters. The van der Waals surface area contributed by atoms with Gasteiger partial charge in [-0.1, -0.05) is 19.1 Å². The van der Waals surface area contributed by atoms with E-state index in [1.54, 1.807) is 6.92 Å². The Kier molecular flexibility index (Phi) is 3.74. The van der Waals surface area contributed by atoms with E-state index in [1.165, 1.54) is 22.6 Å². The molecule has 1 aromatic rings. The predicted molar refractivity (Wildman–Crippen MR) is 69.2 cm³/mol. The molecular formula is C13H17NO2S. The number of carboxylic acid groups (broad SMARTS) is 1. The van der Waals surface area contributed by atoms with Gasteiger partial charge in [0.1, 0.15) is 0 Å². The van der Waals surface area contributed by atoms with Crippen LogP contribution in [0.15, 0.2) is 23.1 Å². The molecule has 0 aromatic heterocycles. The minimum absolute atomic E-state index is 0.426. The van der Waals surface area contributed by atoms with Crippen LogP contribution in [0, 0.1) is 5.92 Å². The van der Waals surface area contributed by atoms with Crippen molar-refractivity contribution >= 4 is 17.7 Å². The van der Waals surface area contributed by atoms with E-state index < -0.39 is 17.9 Å². The fourth-order valence-electron chi connectivity index (χ4n) is 2.03. The van der Waals surface area contributed by atoms with E-state index in [-0.39, 0.29) is 0 Å². The molecule has 92 valence electrons. The molecule has 0 saturated carbocycles. The van der Waals surface area contributed by atoms with Crippen molar-refractivity contribution in [2.24, 2.45) is 11.7 Å². The summed E-state index contributed by atoms with van der Waals surface area (Å²) in [7, 11) is 0. The molecule has 3 N–H and O–H groups in total. The number of hydrogen-bond acceptors (Lipinski definition) is 3. The van der Waals surface area contributed by atoms with Gasteiger partial charge >= 0.3 is 5.97 Å². The molecular weight excluding hydrogens is 234 g/mol. The van der Waals surface area contributed by atoms with Crippen molar-refractivity contribution < 1.29 is 9.90 Å². The zero-order valence-electron chi connectivity index (χ0n) is 9.85. The van der Waals surface area contributed by atoms with E-state index in [9.17, 15) is 4.79 Å². The number of benzene rings is 1. The lowest BCUT2D eigenvalue weighted by atomic mass is 9.93. The molecule has 4 heteroatoms. The SMILES string of the molecule is CC(C(=O)O)C(N)c1ccc2c(c1)CCCS2. The van der Waals surface area contributed by atoms with Crippen molar-refractivity contribution in [2.45, 2.75) is 30.7 Å². The average Bonchev–Trinajstić information content (AvgIpc) is 2.36. The molecule has 2 rings (SSSR count). The van der Waals surface area contributed by atoms with E-state index in [1.807, 2.05) is 17.8 Å². The van der Waals surface area contributed by atoms with Gasteiger partial charge in [0.15, 0.2) is 0 Å². The first-order valence-electron chi connectivity index (χ1n) is 5.83. The second-order valence-electron chi connectivity index (χ2n) is 4.47. The fourth-order valence-corrected chi connectivity index (χ4v) is 3.05. The molecule has 17 heavy (non-hydrogen) atoms. The fraction of sp³-hybridized carbons (Fsp3) is 0.462. The summed E-state index contributed by atoms with van der Waals surface area (Å²) in [6.45, 7) is 1.65. The third-order valence-corrected chi connectivity index (χ3v) is 4.45. The number of carbonyl (C=O) groups is 1. The van der Waals surface area contributed by atoms with Crippen LogP contribution in [0.25, 0.3) is 0 Å². The summed E-state index contributed by atoms with van der Waals surface area (Å²) in [4.78, 5) is 12.2. The predicted octanol–water partition coefficient (Wildman–Crippen LogP) is 2.45. The largest absolute Gasteiger partial charge is 0.481 e. The topological polar surface area (TPSA) is 63.3 Å². The second-order valence-corrected chi connectivity index (χ2v) is 5.61. The highest BCUT2D eigenvalue weighted by atomic mass is 32.2. The minimum Gasteiger partial charge on any atom is -0.481 e.